The van der Waals surface area contributed by atoms with E-state index in [1.807, 2.05) is 0 Å². The minimum atomic E-state index is -3.47. The molecule has 7 heteroatoms. The third-order valence-electron chi connectivity index (χ3n) is 3.07. The molecule has 0 aliphatic carbocycles. The van der Waals surface area contributed by atoms with Crippen LogP contribution >= 0.6 is 0 Å². The van der Waals surface area contributed by atoms with Crippen LogP contribution in [0.15, 0.2) is 29.2 Å². The summed E-state index contributed by atoms with van der Waals surface area (Å²) in [7, 11) is 2.80. The van der Waals surface area contributed by atoms with Gasteiger partial charge in [-0.15, -0.1) is 0 Å². The van der Waals surface area contributed by atoms with E-state index in [1.165, 1.54) is 38.4 Å². The van der Waals surface area contributed by atoms with Crippen molar-refractivity contribution in [1.29, 1.82) is 0 Å². The Kier molecular flexibility index (Phi) is 6.32. The van der Waals surface area contributed by atoms with Crippen molar-refractivity contribution in [3.05, 3.63) is 29.8 Å². The van der Waals surface area contributed by atoms with Crippen molar-refractivity contribution < 1.29 is 17.9 Å². The molecule has 0 saturated carbocycles. The van der Waals surface area contributed by atoms with Gasteiger partial charge in [0.2, 0.25) is 10.0 Å². The molecule has 0 radical (unpaired) electrons. The van der Waals surface area contributed by atoms with E-state index >= 15 is 0 Å². The lowest BCUT2D eigenvalue weighted by Crippen LogP contribution is -2.28. The molecule has 0 aromatic heterocycles. The Bertz CT molecular complexity index is 567. The number of nitrogens with zero attached hydrogens (tertiary/aromatic N) is 2. The van der Waals surface area contributed by atoms with Gasteiger partial charge in [0.1, 0.15) is 0 Å². The molecule has 1 aromatic carbocycles. The van der Waals surface area contributed by atoms with Crippen LogP contribution in [0.3, 0.4) is 0 Å². The molecule has 0 fully saturated rings. The molecule has 0 bridgehead atoms. The summed E-state index contributed by atoms with van der Waals surface area (Å²) < 4.78 is 30.0. The van der Waals surface area contributed by atoms with E-state index in [0.29, 0.717) is 18.7 Å². The van der Waals surface area contributed by atoms with Crippen molar-refractivity contribution in [3.63, 3.8) is 0 Å². The Balaban J connectivity index is 2.81. The normalized spacial score (nSPS) is 11.7. The lowest BCUT2D eigenvalue weighted by atomic mass is 10.2. The second-order valence-corrected chi connectivity index (χ2v) is 7.04. The average molecular weight is 314 g/mol. The van der Waals surface area contributed by atoms with E-state index < -0.39 is 10.0 Å². The number of carbonyl (C=O) groups excluding carboxylic acids is 1. The Labute approximate surface area is 126 Å². The summed E-state index contributed by atoms with van der Waals surface area (Å²) in [6, 6.07) is 5.97. The van der Waals surface area contributed by atoms with Crippen molar-refractivity contribution in [3.8, 4) is 0 Å². The Morgan fingerprint density at radius 3 is 2.19 bits per heavy atom. The molecule has 0 heterocycles. The molecule has 6 nitrogen and oxygen atoms in total. The quantitative estimate of drug-likeness (QED) is 0.706. The van der Waals surface area contributed by atoms with Crippen LogP contribution < -0.4 is 0 Å². The molecular weight excluding hydrogens is 292 g/mol. The fraction of sp³-hybridized carbons (Fsp3) is 0.500. The number of hydrogen-bond acceptors (Lipinski definition) is 4. The molecule has 1 rings (SSSR count). The molecule has 0 saturated heterocycles. The molecule has 0 unspecified atom stereocenters. The van der Waals surface area contributed by atoms with Crippen LogP contribution in [0.2, 0.25) is 0 Å². The van der Waals surface area contributed by atoms with Gasteiger partial charge in [-0.25, -0.2) is 12.7 Å². The molecule has 0 spiro atoms. The van der Waals surface area contributed by atoms with Gasteiger partial charge in [0.15, 0.2) is 0 Å². The van der Waals surface area contributed by atoms with Crippen molar-refractivity contribution in [2.24, 2.45) is 0 Å². The fourth-order valence-electron chi connectivity index (χ4n) is 1.75. The van der Waals surface area contributed by atoms with Crippen LogP contribution in [-0.2, 0) is 14.8 Å². The maximum absolute atomic E-state index is 12.2. The van der Waals surface area contributed by atoms with Gasteiger partial charge in [0.25, 0.3) is 5.91 Å². The zero-order valence-corrected chi connectivity index (χ0v) is 13.7. The molecule has 0 aliphatic rings. The molecule has 0 aliphatic heterocycles. The average Bonchev–Trinajstić information content (AvgIpc) is 2.46. The zero-order valence-electron chi connectivity index (χ0n) is 12.9. The third kappa shape index (κ3) is 4.52. The molecule has 21 heavy (non-hydrogen) atoms. The number of sulfonamides is 1. The highest BCUT2D eigenvalue weighted by Crippen LogP contribution is 2.14. The minimum Gasteiger partial charge on any atom is -0.385 e. The number of hydrogen-bond donors (Lipinski definition) is 0. The topological polar surface area (TPSA) is 66.9 Å². The van der Waals surface area contributed by atoms with E-state index in [4.69, 9.17) is 4.74 Å². The first-order valence-electron chi connectivity index (χ1n) is 6.57. The number of ether oxygens (including phenoxy) is 1. The largest absolute Gasteiger partial charge is 0.385 e. The fourth-order valence-corrected chi connectivity index (χ4v) is 2.65. The van der Waals surface area contributed by atoms with E-state index in [2.05, 4.69) is 0 Å². The summed E-state index contributed by atoms with van der Waals surface area (Å²) in [5.74, 6) is -0.139. The van der Waals surface area contributed by atoms with Crippen LogP contribution in [0.25, 0.3) is 0 Å². The van der Waals surface area contributed by atoms with Gasteiger partial charge < -0.3 is 9.64 Å². The number of methoxy groups -OCH3 is 1. The van der Waals surface area contributed by atoms with Gasteiger partial charge in [-0.3, -0.25) is 4.79 Å². The number of rotatable bonds is 7. The Hall–Kier alpha value is -1.44. The lowest BCUT2D eigenvalue weighted by Gasteiger charge is -2.17. The van der Waals surface area contributed by atoms with E-state index in [9.17, 15) is 13.2 Å². The van der Waals surface area contributed by atoms with E-state index in [-0.39, 0.29) is 10.8 Å². The summed E-state index contributed by atoms with van der Waals surface area (Å²) in [4.78, 5) is 13.9. The van der Waals surface area contributed by atoms with Crippen LogP contribution in [-0.4, -0.2) is 64.9 Å². The first kappa shape index (κ1) is 17.6. The number of amides is 1. The molecular formula is C14H22N2O4S. The van der Waals surface area contributed by atoms with Gasteiger partial charge in [0.05, 0.1) is 4.90 Å². The zero-order chi connectivity index (χ0) is 16.0. The predicted molar refractivity (Wildman–Crippen MR) is 80.8 cm³/mol. The van der Waals surface area contributed by atoms with Crippen LogP contribution in [0.5, 0.6) is 0 Å². The molecule has 1 amide bonds. The van der Waals surface area contributed by atoms with Gasteiger partial charge >= 0.3 is 0 Å². The highest BCUT2D eigenvalue weighted by molar-refractivity contribution is 7.89. The van der Waals surface area contributed by atoms with Gasteiger partial charge in [-0.05, 0) is 30.7 Å². The minimum absolute atomic E-state index is 0.139. The maximum Gasteiger partial charge on any atom is 0.253 e. The molecule has 118 valence electrons. The summed E-state index contributed by atoms with van der Waals surface area (Å²) >= 11 is 0. The number of benzene rings is 1. The van der Waals surface area contributed by atoms with Crippen molar-refractivity contribution in [1.82, 2.24) is 9.21 Å². The first-order chi connectivity index (χ1) is 9.80. The summed E-state index contributed by atoms with van der Waals surface area (Å²) in [5.41, 5.74) is 0.465. The third-order valence-corrected chi connectivity index (χ3v) is 4.90. The Morgan fingerprint density at radius 2 is 1.71 bits per heavy atom. The maximum atomic E-state index is 12.2. The predicted octanol–water partition coefficient (Wildman–Crippen LogP) is 1.05. The number of carbonyl (C=O) groups is 1. The summed E-state index contributed by atoms with van der Waals surface area (Å²) in [5, 5.41) is 0. The summed E-state index contributed by atoms with van der Waals surface area (Å²) in [6.07, 6.45) is 0.756. The van der Waals surface area contributed by atoms with Crippen LogP contribution in [0, 0.1) is 0 Å². The second kappa shape index (κ2) is 7.53. The van der Waals surface area contributed by atoms with E-state index in [0.717, 1.165) is 10.7 Å². The highest BCUT2D eigenvalue weighted by atomic mass is 32.2. The standard InChI is InChI=1S/C14H22N2O4S/c1-15(2)21(18,19)13-8-6-12(7-9-13)14(17)16(3)10-5-11-20-4/h6-9H,5,10-11H2,1-4H3. The molecule has 0 N–H and O–H groups in total. The van der Waals surface area contributed by atoms with Gasteiger partial charge in [-0.1, -0.05) is 0 Å². The van der Waals surface area contributed by atoms with Crippen molar-refractivity contribution in [2.45, 2.75) is 11.3 Å². The monoisotopic (exact) mass is 314 g/mol. The lowest BCUT2D eigenvalue weighted by molar-refractivity contribution is 0.0779. The molecule has 1 aromatic rings. The highest BCUT2D eigenvalue weighted by Gasteiger charge is 2.18. The van der Waals surface area contributed by atoms with E-state index in [1.54, 1.807) is 19.1 Å². The van der Waals surface area contributed by atoms with Crippen LogP contribution in [0.4, 0.5) is 0 Å². The van der Waals surface area contributed by atoms with Gasteiger partial charge in [0, 0.05) is 47.0 Å². The first-order valence-corrected chi connectivity index (χ1v) is 8.01. The Morgan fingerprint density at radius 1 is 1.14 bits per heavy atom. The SMILES string of the molecule is COCCCN(C)C(=O)c1ccc(S(=O)(=O)N(C)C)cc1. The van der Waals surface area contributed by atoms with Crippen molar-refractivity contribution >= 4 is 15.9 Å². The molecule has 0 atom stereocenters. The van der Waals surface area contributed by atoms with Crippen molar-refractivity contribution in [2.75, 3.05) is 41.4 Å². The summed E-state index contributed by atoms with van der Waals surface area (Å²) in [6.45, 7) is 1.18. The smallest absolute Gasteiger partial charge is 0.253 e. The van der Waals surface area contributed by atoms with Crippen LogP contribution in [0.1, 0.15) is 16.8 Å². The second-order valence-electron chi connectivity index (χ2n) is 4.88. The van der Waals surface area contributed by atoms with Gasteiger partial charge in [-0.2, -0.15) is 0 Å².